The van der Waals surface area contributed by atoms with E-state index >= 15 is 0 Å². The van der Waals surface area contributed by atoms with E-state index in [4.69, 9.17) is 15.9 Å². The highest BCUT2D eigenvalue weighted by molar-refractivity contribution is 6.12. The van der Waals surface area contributed by atoms with Crippen molar-refractivity contribution in [2.45, 2.75) is 6.42 Å². The van der Waals surface area contributed by atoms with Crippen molar-refractivity contribution < 1.29 is 19.1 Å². The Kier molecular flexibility index (Phi) is 5.26. The van der Waals surface area contributed by atoms with Crippen LogP contribution in [0.1, 0.15) is 6.42 Å². The summed E-state index contributed by atoms with van der Waals surface area (Å²) in [5.74, 6) is 1.67. The number of hydrogen-bond donors (Lipinski definition) is 0. The number of ether oxygens (including phenoxy) is 2. The maximum Gasteiger partial charge on any atom is 0.255 e. The second-order valence-corrected chi connectivity index (χ2v) is 3.09. The number of terminal acetylenes is 1. The van der Waals surface area contributed by atoms with Crippen LogP contribution in [-0.4, -0.2) is 43.3 Å². The van der Waals surface area contributed by atoms with Gasteiger partial charge >= 0.3 is 0 Å². The summed E-state index contributed by atoms with van der Waals surface area (Å²) >= 11 is 0. The molecule has 2 amide bonds. The third-order valence-electron chi connectivity index (χ3n) is 1.88. The van der Waals surface area contributed by atoms with Gasteiger partial charge in [-0.25, -0.2) is 0 Å². The molecule has 0 aliphatic carbocycles. The zero-order chi connectivity index (χ0) is 11.8. The van der Waals surface area contributed by atoms with Crippen molar-refractivity contribution in [2.75, 3.05) is 26.6 Å². The molecule has 0 saturated heterocycles. The van der Waals surface area contributed by atoms with Gasteiger partial charge in [-0.1, -0.05) is 5.92 Å². The van der Waals surface area contributed by atoms with Crippen LogP contribution >= 0.6 is 0 Å². The molecule has 0 aromatic heterocycles. The molecular formula is C11H13NO4. The van der Waals surface area contributed by atoms with Crippen molar-refractivity contribution in [3.8, 4) is 12.3 Å². The summed E-state index contributed by atoms with van der Waals surface area (Å²) in [5.41, 5.74) is 0. The summed E-state index contributed by atoms with van der Waals surface area (Å²) in [6.07, 6.45) is 8.11. The van der Waals surface area contributed by atoms with E-state index in [1.54, 1.807) is 0 Å². The fraction of sp³-hybridized carbons (Fsp3) is 0.455. The molecule has 0 bridgehead atoms. The average Bonchev–Trinajstić information content (AvgIpc) is 2.59. The van der Waals surface area contributed by atoms with E-state index in [9.17, 15) is 9.59 Å². The molecule has 1 rings (SSSR count). The lowest BCUT2D eigenvalue weighted by Crippen LogP contribution is -2.32. The molecule has 5 heteroatoms. The summed E-state index contributed by atoms with van der Waals surface area (Å²) in [5, 5.41) is 0. The number of imide groups is 1. The number of carbonyl (C=O) groups is 2. The summed E-state index contributed by atoms with van der Waals surface area (Å²) in [4.78, 5) is 23.2. The van der Waals surface area contributed by atoms with Crippen LogP contribution in [0.4, 0.5) is 0 Å². The van der Waals surface area contributed by atoms with Gasteiger partial charge in [0.1, 0.15) is 13.3 Å². The first-order valence-electron chi connectivity index (χ1n) is 4.88. The molecule has 0 fully saturated rings. The Hall–Kier alpha value is -1.64. The summed E-state index contributed by atoms with van der Waals surface area (Å²) in [7, 11) is 0. The second-order valence-electron chi connectivity index (χ2n) is 3.09. The Morgan fingerprint density at radius 3 is 2.44 bits per heavy atom. The van der Waals surface area contributed by atoms with Crippen molar-refractivity contribution in [1.82, 2.24) is 4.90 Å². The minimum atomic E-state index is -0.339. The Balaban J connectivity index is 2.02. The molecule has 0 unspecified atom stereocenters. The van der Waals surface area contributed by atoms with E-state index < -0.39 is 0 Å². The lowest BCUT2D eigenvalue weighted by molar-refractivity contribution is -0.143. The Labute approximate surface area is 94.0 Å². The molecule has 86 valence electrons. The van der Waals surface area contributed by atoms with Crippen LogP contribution in [0.3, 0.4) is 0 Å². The van der Waals surface area contributed by atoms with Crippen molar-refractivity contribution in [2.24, 2.45) is 0 Å². The fourth-order valence-corrected chi connectivity index (χ4v) is 1.11. The van der Waals surface area contributed by atoms with Crippen molar-refractivity contribution >= 4 is 11.8 Å². The van der Waals surface area contributed by atoms with E-state index in [1.165, 1.54) is 12.2 Å². The van der Waals surface area contributed by atoms with Gasteiger partial charge in [0.15, 0.2) is 0 Å². The Morgan fingerprint density at radius 1 is 1.19 bits per heavy atom. The van der Waals surface area contributed by atoms with E-state index in [2.05, 4.69) is 5.92 Å². The monoisotopic (exact) mass is 223 g/mol. The largest absolute Gasteiger partial charge is 0.369 e. The highest BCUT2D eigenvalue weighted by atomic mass is 16.5. The van der Waals surface area contributed by atoms with E-state index in [0.717, 1.165) is 4.90 Å². The zero-order valence-electron chi connectivity index (χ0n) is 8.85. The number of amides is 2. The molecule has 0 aromatic carbocycles. The average molecular weight is 223 g/mol. The molecule has 0 atom stereocenters. The van der Waals surface area contributed by atoms with Gasteiger partial charge in [-0.05, 0) is 6.42 Å². The van der Waals surface area contributed by atoms with Gasteiger partial charge in [0.2, 0.25) is 0 Å². The van der Waals surface area contributed by atoms with Gasteiger partial charge in [-0.2, -0.15) is 0 Å². The van der Waals surface area contributed by atoms with Crippen LogP contribution < -0.4 is 0 Å². The van der Waals surface area contributed by atoms with Crippen LogP contribution in [0.25, 0.3) is 0 Å². The van der Waals surface area contributed by atoms with Gasteiger partial charge < -0.3 is 9.47 Å². The standard InChI is InChI=1S/C11H13NO4/c1-2-6-15-7-3-8-16-9-12-10(13)4-5-11(12)14/h1,4-5H,3,6-9H2. The zero-order valence-corrected chi connectivity index (χ0v) is 8.85. The van der Waals surface area contributed by atoms with Crippen LogP contribution in [0.5, 0.6) is 0 Å². The van der Waals surface area contributed by atoms with Gasteiger partial charge in [0.05, 0.1) is 13.2 Å². The van der Waals surface area contributed by atoms with E-state index in [0.29, 0.717) is 19.6 Å². The molecule has 0 saturated carbocycles. The van der Waals surface area contributed by atoms with Gasteiger partial charge in [-0.15, -0.1) is 6.42 Å². The Bertz CT molecular complexity index is 311. The third kappa shape index (κ3) is 3.85. The number of carbonyl (C=O) groups excluding carboxylic acids is 2. The first-order chi connectivity index (χ1) is 7.75. The smallest absolute Gasteiger partial charge is 0.255 e. The molecule has 1 aliphatic rings. The molecule has 0 N–H and O–H groups in total. The Morgan fingerprint density at radius 2 is 1.81 bits per heavy atom. The highest BCUT2D eigenvalue weighted by Gasteiger charge is 2.22. The minimum Gasteiger partial charge on any atom is -0.369 e. The predicted molar refractivity (Wildman–Crippen MR) is 56.1 cm³/mol. The fourth-order valence-electron chi connectivity index (χ4n) is 1.11. The first-order valence-corrected chi connectivity index (χ1v) is 4.88. The molecule has 1 heterocycles. The molecule has 0 aromatic rings. The van der Waals surface area contributed by atoms with Crippen LogP contribution in [0, 0.1) is 12.3 Å². The summed E-state index contributed by atoms with van der Waals surface area (Å²) in [6.45, 7) is 1.19. The van der Waals surface area contributed by atoms with Crippen LogP contribution in [-0.2, 0) is 19.1 Å². The second kappa shape index (κ2) is 6.77. The quantitative estimate of drug-likeness (QED) is 0.344. The number of nitrogens with zero attached hydrogens (tertiary/aromatic N) is 1. The summed E-state index contributed by atoms with van der Waals surface area (Å²) in [6, 6.07) is 0. The van der Waals surface area contributed by atoms with Crippen molar-refractivity contribution in [3.05, 3.63) is 12.2 Å². The number of rotatable bonds is 7. The normalized spacial score (nSPS) is 14.6. The van der Waals surface area contributed by atoms with Crippen LogP contribution in [0.15, 0.2) is 12.2 Å². The van der Waals surface area contributed by atoms with Gasteiger partial charge in [-0.3, -0.25) is 14.5 Å². The van der Waals surface area contributed by atoms with Crippen molar-refractivity contribution in [1.29, 1.82) is 0 Å². The van der Waals surface area contributed by atoms with Gasteiger partial charge in [0.25, 0.3) is 11.8 Å². The molecule has 16 heavy (non-hydrogen) atoms. The van der Waals surface area contributed by atoms with Crippen molar-refractivity contribution in [3.63, 3.8) is 0 Å². The summed E-state index contributed by atoms with van der Waals surface area (Å²) < 4.78 is 10.2. The predicted octanol–water partition coefficient (Wildman–Crippen LogP) is -0.0746. The molecule has 0 radical (unpaired) electrons. The highest BCUT2D eigenvalue weighted by Crippen LogP contribution is 2.02. The maximum absolute atomic E-state index is 11.1. The molecule has 0 spiro atoms. The molecule has 5 nitrogen and oxygen atoms in total. The van der Waals surface area contributed by atoms with E-state index in [-0.39, 0.29) is 25.2 Å². The minimum absolute atomic E-state index is 0.0141. The first kappa shape index (κ1) is 12.4. The lowest BCUT2D eigenvalue weighted by atomic mass is 10.5. The maximum atomic E-state index is 11.1. The number of hydrogen-bond acceptors (Lipinski definition) is 4. The molecule has 1 aliphatic heterocycles. The topological polar surface area (TPSA) is 55.8 Å². The molecular weight excluding hydrogens is 210 g/mol. The van der Waals surface area contributed by atoms with E-state index in [1.807, 2.05) is 0 Å². The lowest BCUT2D eigenvalue weighted by Gasteiger charge is -2.13. The van der Waals surface area contributed by atoms with Crippen LogP contribution in [0.2, 0.25) is 0 Å². The third-order valence-corrected chi connectivity index (χ3v) is 1.88. The SMILES string of the molecule is C#CCOCCCOCN1C(=O)C=CC1=O. The van der Waals surface area contributed by atoms with Gasteiger partial charge in [0, 0.05) is 12.2 Å².